The maximum absolute atomic E-state index is 9.68. The zero-order valence-corrected chi connectivity index (χ0v) is 10.3. The molecular formula is C14H21NO. The molecule has 2 heteroatoms. The molecule has 2 atom stereocenters. The van der Waals surface area contributed by atoms with Gasteiger partial charge in [-0.1, -0.05) is 32.9 Å². The molecule has 0 aliphatic heterocycles. The van der Waals surface area contributed by atoms with Gasteiger partial charge in [-0.3, -0.25) is 0 Å². The number of rotatable bonds is 3. The van der Waals surface area contributed by atoms with Gasteiger partial charge in [-0.15, -0.1) is 0 Å². The summed E-state index contributed by atoms with van der Waals surface area (Å²) in [5.41, 5.74) is 2.51. The van der Waals surface area contributed by atoms with Gasteiger partial charge in [0.15, 0.2) is 0 Å². The van der Waals surface area contributed by atoms with Crippen molar-refractivity contribution < 1.29 is 5.11 Å². The summed E-state index contributed by atoms with van der Waals surface area (Å²) in [6.07, 6.45) is 1.74. The molecule has 0 heterocycles. The van der Waals surface area contributed by atoms with Crippen molar-refractivity contribution in [3.05, 3.63) is 29.8 Å². The van der Waals surface area contributed by atoms with Crippen molar-refractivity contribution in [2.24, 2.45) is 5.41 Å². The Morgan fingerprint density at radius 3 is 2.75 bits per heavy atom. The molecule has 0 amide bonds. The lowest BCUT2D eigenvalue weighted by atomic mass is 9.64. The minimum Gasteiger partial charge on any atom is -0.392 e. The lowest BCUT2D eigenvalue weighted by Crippen LogP contribution is -2.56. The predicted molar refractivity (Wildman–Crippen MR) is 67.6 cm³/mol. The Balaban J connectivity index is 2.05. The van der Waals surface area contributed by atoms with Gasteiger partial charge in [-0.2, -0.15) is 0 Å². The van der Waals surface area contributed by atoms with E-state index in [2.05, 4.69) is 50.4 Å². The summed E-state index contributed by atoms with van der Waals surface area (Å²) in [6.45, 7) is 6.39. The average molecular weight is 219 g/mol. The highest BCUT2D eigenvalue weighted by Gasteiger charge is 2.47. The SMILES string of the molecule is CCc1cccc(NC2CC(O)C2(C)C)c1. The summed E-state index contributed by atoms with van der Waals surface area (Å²) >= 11 is 0. The van der Waals surface area contributed by atoms with Gasteiger partial charge in [0.05, 0.1) is 6.10 Å². The molecule has 88 valence electrons. The van der Waals surface area contributed by atoms with Crippen molar-refractivity contribution in [3.8, 4) is 0 Å². The number of hydrogen-bond acceptors (Lipinski definition) is 2. The van der Waals surface area contributed by atoms with Crippen LogP contribution in [0.5, 0.6) is 0 Å². The van der Waals surface area contributed by atoms with E-state index in [4.69, 9.17) is 0 Å². The first-order valence-corrected chi connectivity index (χ1v) is 6.07. The quantitative estimate of drug-likeness (QED) is 0.819. The third-order valence-corrected chi connectivity index (χ3v) is 3.89. The summed E-state index contributed by atoms with van der Waals surface area (Å²) in [7, 11) is 0. The Morgan fingerprint density at radius 1 is 1.44 bits per heavy atom. The molecule has 0 radical (unpaired) electrons. The van der Waals surface area contributed by atoms with Crippen LogP contribution < -0.4 is 5.32 Å². The third kappa shape index (κ3) is 1.94. The van der Waals surface area contributed by atoms with Crippen molar-refractivity contribution in [3.63, 3.8) is 0 Å². The van der Waals surface area contributed by atoms with Gasteiger partial charge in [0.1, 0.15) is 0 Å². The second-order valence-electron chi connectivity index (χ2n) is 5.32. The number of hydrogen-bond donors (Lipinski definition) is 2. The lowest BCUT2D eigenvalue weighted by Gasteiger charge is -2.49. The van der Waals surface area contributed by atoms with Crippen LogP contribution >= 0.6 is 0 Å². The zero-order chi connectivity index (χ0) is 11.8. The fourth-order valence-electron chi connectivity index (χ4n) is 2.23. The fourth-order valence-corrected chi connectivity index (χ4v) is 2.23. The Bertz CT molecular complexity index is 373. The topological polar surface area (TPSA) is 32.3 Å². The van der Waals surface area contributed by atoms with Crippen LogP contribution in [0.4, 0.5) is 5.69 Å². The molecule has 2 nitrogen and oxygen atoms in total. The number of nitrogens with one attached hydrogen (secondary N) is 1. The Labute approximate surface area is 97.7 Å². The molecule has 1 aromatic carbocycles. The van der Waals surface area contributed by atoms with E-state index >= 15 is 0 Å². The van der Waals surface area contributed by atoms with Gasteiger partial charge >= 0.3 is 0 Å². The predicted octanol–water partition coefficient (Wildman–Crippen LogP) is 2.82. The Kier molecular flexibility index (Phi) is 2.94. The summed E-state index contributed by atoms with van der Waals surface area (Å²) < 4.78 is 0. The summed E-state index contributed by atoms with van der Waals surface area (Å²) in [5, 5.41) is 13.2. The normalized spacial score (nSPS) is 27.2. The molecule has 0 saturated heterocycles. The number of anilines is 1. The molecule has 16 heavy (non-hydrogen) atoms. The second kappa shape index (κ2) is 4.10. The molecule has 2 rings (SSSR count). The highest BCUT2D eigenvalue weighted by Crippen LogP contribution is 2.42. The largest absolute Gasteiger partial charge is 0.392 e. The highest BCUT2D eigenvalue weighted by atomic mass is 16.3. The number of aliphatic hydroxyl groups is 1. The van der Waals surface area contributed by atoms with Crippen LogP contribution in [0, 0.1) is 5.41 Å². The van der Waals surface area contributed by atoms with E-state index in [9.17, 15) is 5.11 Å². The van der Waals surface area contributed by atoms with Crippen LogP contribution in [0.25, 0.3) is 0 Å². The van der Waals surface area contributed by atoms with Crippen LogP contribution in [0.1, 0.15) is 32.8 Å². The molecular weight excluding hydrogens is 198 g/mol. The molecule has 2 N–H and O–H groups in total. The van der Waals surface area contributed by atoms with Gasteiger partial charge in [0.25, 0.3) is 0 Å². The van der Waals surface area contributed by atoms with Crippen molar-refractivity contribution in [2.75, 3.05) is 5.32 Å². The second-order valence-corrected chi connectivity index (χ2v) is 5.32. The standard InChI is InChI=1S/C14H21NO/c1-4-10-6-5-7-11(8-10)15-12-9-13(16)14(12,2)3/h5-8,12-13,15-16H,4,9H2,1-3H3. The van der Waals surface area contributed by atoms with E-state index in [1.54, 1.807) is 0 Å². The van der Waals surface area contributed by atoms with Crippen molar-refractivity contribution in [1.82, 2.24) is 0 Å². The van der Waals surface area contributed by atoms with Crippen molar-refractivity contribution >= 4 is 5.69 Å². The molecule has 1 fully saturated rings. The molecule has 0 bridgehead atoms. The van der Waals surface area contributed by atoms with Crippen LogP contribution in [0.3, 0.4) is 0 Å². The van der Waals surface area contributed by atoms with E-state index < -0.39 is 0 Å². The van der Waals surface area contributed by atoms with Crippen LogP contribution in [0.2, 0.25) is 0 Å². The highest BCUT2D eigenvalue weighted by molar-refractivity contribution is 5.47. The molecule has 1 aliphatic carbocycles. The number of aryl methyl sites for hydroxylation is 1. The molecule has 2 unspecified atom stereocenters. The maximum Gasteiger partial charge on any atom is 0.0630 e. The minimum absolute atomic E-state index is 0.0117. The monoisotopic (exact) mass is 219 g/mol. The van der Waals surface area contributed by atoms with Gasteiger partial charge < -0.3 is 10.4 Å². The number of benzene rings is 1. The van der Waals surface area contributed by atoms with E-state index in [0.29, 0.717) is 6.04 Å². The average Bonchev–Trinajstić information content (AvgIpc) is 2.29. The summed E-state index contributed by atoms with van der Waals surface area (Å²) in [6, 6.07) is 8.91. The van der Waals surface area contributed by atoms with Gasteiger partial charge in [-0.25, -0.2) is 0 Å². The molecule has 1 aliphatic rings. The van der Waals surface area contributed by atoms with E-state index in [1.807, 2.05) is 0 Å². The van der Waals surface area contributed by atoms with Crippen LogP contribution in [-0.4, -0.2) is 17.3 Å². The van der Waals surface area contributed by atoms with Crippen molar-refractivity contribution in [1.29, 1.82) is 0 Å². The Morgan fingerprint density at radius 2 is 2.19 bits per heavy atom. The Hall–Kier alpha value is -1.02. The maximum atomic E-state index is 9.68. The van der Waals surface area contributed by atoms with Crippen molar-refractivity contribution in [2.45, 2.75) is 45.8 Å². The number of aliphatic hydroxyl groups excluding tert-OH is 1. The molecule has 0 spiro atoms. The minimum atomic E-state index is -0.167. The van der Waals surface area contributed by atoms with Gasteiger partial charge in [-0.05, 0) is 30.5 Å². The molecule has 1 aromatic rings. The zero-order valence-electron chi connectivity index (χ0n) is 10.3. The van der Waals surface area contributed by atoms with Crippen LogP contribution in [0.15, 0.2) is 24.3 Å². The van der Waals surface area contributed by atoms with E-state index in [0.717, 1.165) is 12.8 Å². The fraction of sp³-hybridized carbons (Fsp3) is 0.571. The summed E-state index contributed by atoms with van der Waals surface area (Å²) in [4.78, 5) is 0. The van der Waals surface area contributed by atoms with E-state index in [1.165, 1.54) is 11.3 Å². The van der Waals surface area contributed by atoms with E-state index in [-0.39, 0.29) is 11.5 Å². The summed E-state index contributed by atoms with van der Waals surface area (Å²) in [5.74, 6) is 0. The van der Waals surface area contributed by atoms with Gasteiger partial charge in [0, 0.05) is 17.1 Å². The smallest absolute Gasteiger partial charge is 0.0630 e. The first kappa shape index (κ1) is 11.5. The molecule has 1 saturated carbocycles. The molecule has 0 aromatic heterocycles. The van der Waals surface area contributed by atoms with Crippen LogP contribution in [-0.2, 0) is 6.42 Å². The lowest BCUT2D eigenvalue weighted by molar-refractivity contribution is -0.0510. The first-order chi connectivity index (χ1) is 7.54. The van der Waals surface area contributed by atoms with Gasteiger partial charge in [0.2, 0.25) is 0 Å². The third-order valence-electron chi connectivity index (χ3n) is 3.89. The first-order valence-electron chi connectivity index (χ1n) is 6.07.